The van der Waals surface area contributed by atoms with Crippen LogP contribution in [0.3, 0.4) is 0 Å². The molecule has 0 saturated heterocycles. The summed E-state index contributed by atoms with van der Waals surface area (Å²) in [6, 6.07) is 3.05. The van der Waals surface area contributed by atoms with Crippen LogP contribution >= 0.6 is 0 Å². The predicted molar refractivity (Wildman–Crippen MR) is 184 cm³/mol. The molecule has 2 rings (SSSR count). The summed E-state index contributed by atoms with van der Waals surface area (Å²) in [6.45, 7) is 13.4. The van der Waals surface area contributed by atoms with Gasteiger partial charge >= 0.3 is 0 Å². The topological polar surface area (TPSA) is 157 Å². The number of nitrogens with zero attached hydrogens (tertiary/aromatic N) is 2. The van der Waals surface area contributed by atoms with Crippen LogP contribution in [0.25, 0.3) is 0 Å². The first-order valence-corrected chi connectivity index (χ1v) is 16.6. The lowest BCUT2D eigenvalue weighted by Crippen LogP contribution is -2.57. The molecule has 0 radical (unpaired) electrons. The fraction of sp³-hybridized carbons (Fsp3) is 0.583. The zero-order valence-electron chi connectivity index (χ0n) is 30.1. The van der Waals surface area contributed by atoms with Gasteiger partial charge in [0.05, 0.1) is 13.2 Å². The second-order valence-corrected chi connectivity index (χ2v) is 13.9. The number of likely N-dealkylation sites (N-methyl/N-ethyl adjacent to an activating group) is 1. The van der Waals surface area contributed by atoms with E-state index in [2.05, 4.69) is 16.0 Å². The van der Waals surface area contributed by atoms with Crippen molar-refractivity contribution in [1.82, 2.24) is 25.8 Å². The zero-order chi connectivity index (χ0) is 36.3. The number of aromatic hydroxyl groups is 1. The van der Waals surface area contributed by atoms with Crippen molar-refractivity contribution in [3.63, 3.8) is 0 Å². The van der Waals surface area contributed by atoms with Gasteiger partial charge in [0.15, 0.2) is 0 Å². The van der Waals surface area contributed by atoms with Gasteiger partial charge in [0.25, 0.3) is 11.8 Å². The van der Waals surface area contributed by atoms with Crippen molar-refractivity contribution in [3.8, 4) is 5.75 Å². The van der Waals surface area contributed by atoms with Gasteiger partial charge < -0.3 is 25.8 Å². The van der Waals surface area contributed by atoms with E-state index < -0.39 is 53.8 Å². The molecule has 0 aliphatic carbocycles. The van der Waals surface area contributed by atoms with Gasteiger partial charge in [-0.05, 0) is 69.3 Å². The highest BCUT2D eigenvalue weighted by Gasteiger charge is 2.37. The molecule has 4 N–H and O–H groups in total. The third-order valence-electron chi connectivity index (χ3n) is 8.02. The Balaban J connectivity index is 2.15. The molecule has 1 aliphatic heterocycles. The van der Waals surface area contributed by atoms with Crippen LogP contribution in [0.4, 0.5) is 0 Å². The first-order chi connectivity index (χ1) is 22.4. The van der Waals surface area contributed by atoms with Gasteiger partial charge in [0.1, 0.15) is 29.6 Å². The van der Waals surface area contributed by atoms with Crippen LogP contribution in [0.5, 0.6) is 5.75 Å². The molecule has 12 nitrogen and oxygen atoms in total. The number of imide groups is 1. The first-order valence-electron chi connectivity index (χ1n) is 16.6. The molecular formula is C36H55N5O7. The quantitative estimate of drug-likeness (QED) is 0.185. The standard InChI is InChI=1S/C36H55N5O7/c1-21(2)17-27(38-35(46)28(18-22(3)4)39-36(47)33(23(5)6)40(8)9)34(45)37-24(7)11-16-31(43)41-29(30(48-10)20-32(41)44)19-25-12-14-26(42)15-13-25/h11-16,20-24,27-29,33,42H,17-19H2,1-10H3,(H,37,45)(H,38,46)(H,39,47)/b16-11+/t24-,27-,28-,29-,33-/m0/s1. The number of carbonyl (C=O) groups excluding carboxylic acids is 5. The molecule has 5 amide bonds. The Bertz CT molecular complexity index is 1330. The van der Waals surface area contributed by atoms with Gasteiger partial charge in [0.2, 0.25) is 17.7 Å². The SMILES string of the molecule is COC1=CC(=O)N(C(=O)/C=C/[C@H](C)NC(=O)[C@H](CC(C)C)NC(=O)[C@H](CC(C)C)NC(=O)[C@H](C(C)C)N(C)C)[C@H]1Cc1ccc(O)cc1. The summed E-state index contributed by atoms with van der Waals surface area (Å²) in [5, 5.41) is 18.2. The molecule has 1 aliphatic rings. The maximum atomic E-state index is 13.5. The summed E-state index contributed by atoms with van der Waals surface area (Å²) in [5.41, 5.74) is 0.795. The second kappa shape index (κ2) is 18.4. The van der Waals surface area contributed by atoms with Gasteiger partial charge in [-0.1, -0.05) is 59.8 Å². The van der Waals surface area contributed by atoms with Gasteiger partial charge in [0, 0.05) is 24.6 Å². The number of carbonyl (C=O) groups is 5. The Morgan fingerprint density at radius 2 is 1.40 bits per heavy atom. The number of amides is 5. The van der Waals surface area contributed by atoms with Crippen molar-refractivity contribution in [3.05, 3.63) is 53.8 Å². The summed E-state index contributed by atoms with van der Waals surface area (Å²) in [5.74, 6) is -1.57. The molecule has 0 fully saturated rings. The largest absolute Gasteiger partial charge is 0.508 e. The van der Waals surface area contributed by atoms with Crippen molar-refractivity contribution in [2.45, 2.75) is 97.9 Å². The molecular weight excluding hydrogens is 614 g/mol. The Hall–Kier alpha value is -4.19. The fourth-order valence-corrected chi connectivity index (χ4v) is 5.82. The number of nitrogens with one attached hydrogen (secondary N) is 3. The lowest BCUT2D eigenvalue weighted by molar-refractivity contribution is -0.139. The summed E-state index contributed by atoms with van der Waals surface area (Å²) in [4.78, 5) is 69.1. The highest BCUT2D eigenvalue weighted by Crippen LogP contribution is 2.25. The highest BCUT2D eigenvalue weighted by molar-refractivity contribution is 6.07. The average molecular weight is 670 g/mol. The van der Waals surface area contributed by atoms with Crippen molar-refractivity contribution in [2.75, 3.05) is 21.2 Å². The molecule has 1 heterocycles. The molecule has 0 spiro atoms. The maximum absolute atomic E-state index is 13.5. The molecule has 48 heavy (non-hydrogen) atoms. The average Bonchev–Trinajstić information content (AvgIpc) is 3.29. The molecule has 0 saturated carbocycles. The highest BCUT2D eigenvalue weighted by atomic mass is 16.5. The molecule has 0 unspecified atom stereocenters. The van der Waals surface area contributed by atoms with Gasteiger partial charge in [-0.2, -0.15) is 0 Å². The summed E-state index contributed by atoms with van der Waals surface area (Å²) < 4.78 is 5.39. The van der Waals surface area contributed by atoms with Crippen molar-refractivity contribution in [1.29, 1.82) is 0 Å². The lowest BCUT2D eigenvalue weighted by atomic mass is 9.98. The van der Waals surface area contributed by atoms with E-state index >= 15 is 0 Å². The number of phenolic OH excluding ortho intramolecular Hbond substituents is 1. The van der Waals surface area contributed by atoms with E-state index in [1.165, 1.54) is 37.5 Å². The zero-order valence-corrected chi connectivity index (χ0v) is 30.1. The van der Waals surface area contributed by atoms with Gasteiger partial charge in [-0.15, -0.1) is 0 Å². The number of methoxy groups -OCH3 is 1. The van der Waals surface area contributed by atoms with Gasteiger partial charge in [-0.25, -0.2) is 0 Å². The normalized spacial score (nSPS) is 17.5. The molecule has 0 aromatic heterocycles. The van der Waals surface area contributed by atoms with Crippen molar-refractivity contribution >= 4 is 29.5 Å². The van der Waals surface area contributed by atoms with E-state index in [9.17, 15) is 29.1 Å². The van der Waals surface area contributed by atoms with E-state index in [0.717, 1.165) is 10.5 Å². The smallest absolute Gasteiger partial charge is 0.257 e. The van der Waals surface area contributed by atoms with E-state index in [0.29, 0.717) is 25.0 Å². The minimum Gasteiger partial charge on any atom is -0.508 e. The van der Waals surface area contributed by atoms with Crippen LogP contribution in [0.2, 0.25) is 0 Å². The fourth-order valence-electron chi connectivity index (χ4n) is 5.82. The third-order valence-corrected chi connectivity index (χ3v) is 8.02. The van der Waals surface area contributed by atoms with Crippen LogP contribution in [-0.4, -0.2) is 95.9 Å². The molecule has 5 atom stereocenters. The molecule has 0 bridgehead atoms. The van der Waals surface area contributed by atoms with Crippen LogP contribution in [0, 0.1) is 17.8 Å². The monoisotopic (exact) mass is 669 g/mol. The van der Waals surface area contributed by atoms with Crippen LogP contribution < -0.4 is 16.0 Å². The van der Waals surface area contributed by atoms with E-state index in [4.69, 9.17) is 4.74 Å². The molecule has 1 aromatic rings. The van der Waals surface area contributed by atoms with E-state index in [-0.39, 0.29) is 29.4 Å². The number of rotatable bonds is 17. The Labute approximate surface area is 285 Å². The van der Waals surface area contributed by atoms with E-state index in [1.54, 1.807) is 19.1 Å². The Morgan fingerprint density at radius 1 is 0.875 bits per heavy atom. The third kappa shape index (κ3) is 11.8. The van der Waals surface area contributed by atoms with Crippen LogP contribution in [-0.2, 0) is 35.1 Å². The van der Waals surface area contributed by atoms with E-state index in [1.807, 2.05) is 60.5 Å². The van der Waals surface area contributed by atoms with Crippen LogP contribution in [0.15, 0.2) is 48.3 Å². The predicted octanol–water partition coefficient (Wildman–Crippen LogP) is 2.91. The summed E-state index contributed by atoms with van der Waals surface area (Å²) >= 11 is 0. The summed E-state index contributed by atoms with van der Waals surface area (Å²) in [7, 11) is 5.07. The number of ether oxygens (including phenoxy) is 1. The lowest BCUT2D eigenvalue weighted by Gasteiger charge is -2.30. The number of hydrogen-bond donors (Lipinski definition) is 4. The maximum Gasteiger partial charge on any atom is 0.257 e. The second-order valence-electron chi connectivity index (χ2n) is 13.9. The van der Waals surface area contributed by atoms with Crippen molar-refractivity contribution in [2.24, 2.45) is 17.8 Å². The molecule has 1 aromatic carbocycles. The Morgan fingerprint density at radius 3 is 1.88 bits per heavy atom. The minimum atomic E-state index is -0.881. The Kier molecular flexibility index (Phi) is 15.3. The van der Waals surface area contributed by atoms with Gasteiger partial charge in [-0.3, -0.25) is 33.8 Å². The van der Waals surface area contributed by atoms with Crippen LogP contribution in [0.1, 0.15) is 66.9 Å². The first kappa shape index (κ1) is 40.0. The summed E-state index contributed by atoms with van der Waals surface area (Å²) in [6.07, 6.45) is 5.04. The minimum absolute atomic E-state index is 0.0238. The number of phenols is 1. The molecule has 266 valence electrons. The number of hydrogen-bond acceptors (Lipinski definition) is 8. The van der Waals surface area contributed by atoms with Crippen molar-refractivity contribution < 1.29 is 33.8 Å². The number of benzene rings is 1. The molecule has 12 heteroatoms.